The van der Waals surface area contributed by atoms with Crippen molar-refractivity contribution >= 4 is 17.6 Å². The van der Waals surface area contributed by atoms with Crippen LogP contribution in [0.1, 0.15) is 27.2 Å². The van der Waals surface area contributed by atoms with Crippen molar-refractivity contribution in [2.45, 2.75) is 20.3 Å². The van der Waals surface area contributed by atoms with Gasteiger partial charge < -0.3 is 10.4 Å². The normalized spacial score (nSPS) is 10.2. The van der Waals surface area contributed by atoms with Crippen molar-refractivity contribution < 1.29 is 14.7 Å². The Labute approximate surface area is 122 Å². The van der Waals surface area contributed by atoms with Crippen molar-refractivity contribution in [2.24, 2.45) is 0 Å². The van der Waals surface area contributed by atoms with Crippen LogP contribution in [-0.2, 0) is 11.2 Å². The Morgan fingerprint density at radius 2 is 1.95 bits per heavy atom. The minimum atomic E-state index is -1.01. The van der Waals surface area contributed by atoms with Crippen LogP contribution in [0.5, 0.6) is 0 Å². The van der Waals surface area contributed by atoms with Crippen LogP contribution in [0.4, 0.5) is 5.69 Å². The van der Waals surface area contributed by atoms with E-state index < -0.39 is 5.97 Å². The van der Waals surface area contributed by atoms with Gasteiger partial charge in [-0.25, -0.2) is 4.79 Å². The lowest BCUT2D eigenvalue weighted by molar-refractivity contribution is -0.115. The van der Waals surface area contributed by atoms with Crippen molar-refractivity contribution in [3.05, 3.63) is 58.9 Å². The summed E-state index contributed by atoms with van der Waals surface area (Å²) in [5, 5.41) is 11.8. The molecule has 0 spiro atoms. The van der Waals surface area contributed by atoms with Crippen molar-refractivity contribution in [1.29, 1.82) is 0 Å². The quantitative estimate of drug-likeness (QED) is 0.904. The van der Waals surface area contributed by atoms with Crippen LogP contribution in [0.3, 0.4) is 0 Å². The molecular weight excluding hydrogens is 268 g/mol. The highest BCUT2D eigenvalue weighted by molar-refractivity contribution is 5.96. The zero-order valence-corrected chi connectivity index (χ0v) is 11.9. The van der Waals surface area contributed by atoms with Gasteiger partial charge in [0.25, 0.3) is 0 Å². The van der Waals surface area contributed by atoms with Crippen LogP contribution in [0.2, 0.25) is 0 Å². The number of anilines is 1. The number of nitrogens with one attached hydrogen (secondary N) is 1. The number of rotatable bonds is 4. The van der Waals surface area contributed by atoms with Crippen molar-refractivity contribution in [3.63, 3.8) is 0 Å². The van der Waals surface area contributed by atoms with Gasteiger partial charge in [0.1, 0.15) is 0 Å². The lowest BCUT2D eigenvalue weighted by Gasteiger charge is -2.11. The number of carbonyl (C=O) groups excluding carboxylic acids is 1. The van der Waals surface area contributed by atoms with Gasteiger partial charge in [-0.3, -0.25) is 9.78 Å². The van der Waals surface area contributed by atoms with E-state index in [1.165, 1.54) is 6.07 Å². The molecule has 1 heterocycles. The van der Waals surface area contributed by atoms with E-state index in [9.17, 15) is 9.59 Å². The Hall–Kier alpha value is -2.69. The number of nitrogens with zero attached hydrogens (tertiary/aromatic N) is 1. The molecular formula is C16H16N2O3. The average molecular weight is 284 g/mol. The molecule has 0 bridgehead atoms. The van der Waals surface area contributed by atoms with Gasteiger partial charge in [-0.15, -0.1) is 0 Å². The second-order valence-corrected chi connectivity index (χ2v) is 4.78. The fraction of sp³-hybridized carbons (Fsp3) is 0.188. The molecule has 1 amide bonds. The fourth-order valence-corrected chi connectivity index (χ4v) is 2.05. The molecule has 2 rings (SSSR count). The average Bonchev–Trinajstić information content (AvgIpc) is 2.43. The molecule has 0 radical (unpaired) electrons. The number of pyridine rings is 1. The topological polar surface area (TPSA) is 79.3 Å². The van der Waals surface area contributed by atoms with Gasteiger partial charge >= 0.3 is 5.97 Å². The Morgan fingerprint density at radius 1 is 1.19 bits per heavy atom. The van der Waals surface area contributed by atoms with Crippen LogP contribution in [0, 0.1) is 13.8 Å². The molecule has 5 heteroatoms. The molecule has 21 heavy (non-hydrogen) atoms. The first-order valence-electron chi connectivity index (χ1n) is 6.52. The van der Waals surface area contributed by atoms with Crippen LogP contribution in [0.15, 0.2) is 36.5 Å². The van der Waals surface area contributed by atoms with Crippen LogP contribution >= 0.6 is 0 Å². The Morgan fingerprint density at radius 3 is 2.62 bits per heavy atom. The standard InChI is InChI=1S/C16H16N2O3/c1-10-5-4-8-17-14(10)9-15(19)18-13-7-3-6-12(11(13)2)16(20)21/h3-8H,9H2,1-2H3,(H,18,19)(H,20,21). The van der Waals surface area contributed by atoms with Gasteiger partial charge in [-0.2, -0.15) is 0 Å². The van der Waals surface area contributed by atoms with Gasteiger partial charge in [0.05, 0.1) is 17.7 Å². The number of carboxylic acids is 1. The highest BCUT2D eigenvalue weighted by Gasteiger charge is 2.13. The number of carboxylic acid groups (broad SMARTS) is 1. The van der Waals surface area contributed by atoms with Gasteiger partial charge in [-0.05, 0) is 43.2 Å². The van der Waals surface area contributed by atoms with Crippen molar-refractivity contribution in [3.8, 4) is 0 Å². The Bertz CT molecular complexity index is 696. The molecule has 0 aliphatic rings. The lowest BCUT2D eigenvalue weighted by atomic mass is 10.1. The maximum atomic E-state index is 12.1. The number of aromatic nitrogens is 1. The summed E-state index contributed by atoms with van der Waals surface area (Å²) in [6.45, 7) is 3.57. The largest absolute Gasteiger partial charge is 0.478 e. The highest BCUT2D eigenvalue weighted by Crippen LogP contribution is 2.19. The number of hydrogen-bond acceptors (Lipinski definition) is 3. The van der Waals surface area contributed by atoms with E-state index in [0.717, 1.165) is 5.56 Å². The van der Waals surface area contributed by atoms with Gasteiger partial charge in [0, 0.05) is 11.9 Å². The summed E-state index contributed by atoms with van der Waals surface area (Å²) in [5.74, 6) is -1.23. The van der Waals surface area contributed by atoms with E-state index in [2.05, 4.69) is 10.3 Å². The molecule has 108 valence electrons. The third-order valence-electron chi connectivity index (χ3n) is 3.28. The molecule has 2 aromatic rings. The van der Waals surface area contributed by atoms with E-state index >= 15 is 0 Å². The SMILES string of the molecule is Cc1cccnc1CC(=O)Nc1cccc(C(=O)O)c1C. The predicted molar refractivity (Wildman–Crippen MR) is 79.4 cm³/mol. The fourth-order valence-electron chi connectivity index (χ4n) is 2.05. The highest BCUT2D eigenvalue weighted by atomic mass is 16.4. The third kappa shape index (κ3) is 3.45. The van der Waals surface area contributed by atoms with Crippen LogP contribution < -0.4 is 5.32 Å². The summed E-state index contributed by atoms with van der Waals surface area (Å²) < 4.78 is 0. The summed E-state index contributed by atoms with van der Waals surface area (Å²) in [6.07, 6.45) is 1.80. The number of aryl methyl sites for hydroxylation is 1. The predicted octanol–water partition coefficient (Wildman–Crippen LogP) is 2.58. The Balaban J connectivity index is 2.15. The number of amides is 1. The smallest absolute Gasteiger partial charge is 0.336 e. The first kappa shape index (κ1) is 14.7. The van der Waals surface area contributed by atoms with Crippen molar-refractivity contribution in [2.75, 3.05) is 5.32 Å². The van der Waals surface area contributed by atoms with Crippen LogP contribution in [0.25, 0.3) is 0 Å². The summed E-state index contributed by atoms with van der Waals surface area (Å²) in [6, 6.07) is 8.52. The second-order valence-electron chi connectivity index (χ2n) is 4.78. The summed E-state index contributed by atoms with van der Waals surface area (Å²) in [5.41, 5.74) is 2.89. The van der Waals surface area contributed by atoms with Gasteiger partial charge in [-0.1, -0.05) is 12.1 Å². The molecule has 1 aromatic carbocycles. The first-order chi connectivity index (χ1) is 9.99. The first-order valence-corrected chi connectivity index (χ1v) is 6.52. The lowest BCUT2D eigenvalue weighted by Crippen LogP contribution is -2.17. The Kier molecular flexibility index (Phi) is 4.33. The molecule has 0 saturated carbocycles. The number of aromatic carboxylic acids is 1. The minimum absolute atomic E-state index is 0.156. The molecule has 0 unspecified atom stereocenters. The second kappa shape index (κ2) is 6.17. The molecule has 5 nitrogen and oxygen atoms in total. The number of benzene rings is 1. The third-order valence-corrected chi connectivity index (χ3v) is 3.28. The zero-order chi connectivity index (χ0) is 15.4. The van der Waals surface area contributed by atoms with Gasteiger partial charge in [0.2, 0.25) is 5.91 Å². The molecule has 0 saturated heterocycles. The molecule has 2 N–H and O–H groups in total. The number of hydrogen-bond donors (Lipinski definition) is 2. The van der Waals surface area contributed by atoms with Gasteiger partial charge in [0.15, 0.2) is 0 Å². The molecule has 1 aromatic heterocycles. The number of carbonyl (C=O) groups is 2. The molecule has 0 aliphatic carbocycles. The van der Waals surface area contributed by atoms with E-state index in [1.54, 1.807) is 25.3 Å². The zero-order valence-electron chi connectivity index (χ0n) is 11.9. The molecule has 0 fully saturated rings. The van der Waals surface area contributed by atoms with Crippen molar-refractivity contribution in [1.82, 2.24) is 4.98 Å². The van der Waals surface area contributed by atoms with Crippen LogP contribution in [-0.4, -0.2) is 22.0 Å². The van der Waals surface area contributed by atoms with E-state index in [4.69, 9.17) is 5.11 Å². The van der Waals surface area contributed by atoms with E-state index in [0.29, 0.717) is 16.9 Å². The maximum Gasteiger partial charge on any atom is 0.336 e. The van der Waals surface area contributed by atoms with E-state index in [-0.39, 0.29) is 17.9 Å². The summed E-state index contributed by atoms with van der Waals surface area (Å²) >= 11 is 0. The minimum Gasteiger partial charge on any atom is -0.478 e. The molecule has 0 atom stereocenters. The summed E-state index contributed by atoms with van der Waals surface area (Å²) in [7, 11) is 0. The maximum absolute atomic E-state index is 12.1. The summed E-state index contributed by atoms with van der Waals surface area (Å²) in [4.78, 5) is 27.3. The monoisotopic (exact) mass is 284 g/mol. The molecule has 0 aliphatic heterocycles. The van der Waals surface area contributed by atoms with E-state index in [1.807, 2.05) is 19.1 Å².